The molecule has 3 aromatic carbocycles. The number of benzodiazepines with no additional fused rings is 1. The van der Waals surface area contributed by atoms with Crippen LogP contribution in [-0.2, 0) is 9.59 Å². The molecule has 0 bridgehead atoms. The highest BCUT2D eigenvalue weighted by Crippen LogP contribution is 2.36. The molecule has 10 heteroatoms. The maximum absolute atomic E-state index is 13.7. The van der Waals surface area contributed by atoms with Gasteiger partial charge in [0.15, 0.2) is 0 Å². The van der Waals surface area contributed by atoms with Gasteiger partial charge in [-0.25, -0.2) is 9.79 Å². The Morgan fingerprint density at radius 2 is 1.63 bits per heavy atom. The van der Waals surface area contributed by atoms with Crippen LogP contribution >= 0.6 is 0 Å². The average molecular weight is 555 g/mol. The summed E-state index contributed by atoms with van der Waals surface area (Å²) in [6.45, 7) is 3.58. The van der Waals surface area contributed by atoms with Crippen molar-refractivity contribution in [1.82, 2.24) is 10.0 Å². The first-order valence-corrected chi connectivity index (χ1v) is 13.1. The molecule has 1 aromatic heterocycles. The average Bonchev–Trinajstić information content (AvgIpc) is 3.31. The van der Waals surface area contributed by atoms with Gasteiger partial charge < -0.3 is 24.5 Å². The molecule has 1 N–H and O–H groups in total. The molecule has 210 valence electrons. The van der Waals surface area contributed by atoms with Crippen molar-refractivity contribution in [3.8, 4) is 11.5 Å². The highest BCUT2D eigenvalue weighted by molar-refractivity contribution is 6.22. The fraction of sp³-hybridized carbons (Fsp3) is 0.226. The van der Waals surface area contributed by atoms with Gasteiger partial charge in [0, 0.05) is 24.4 Å². The number of nitrogens with zero attached hydrogens (tertiary/aromatic N) is 3. The summed E-state index contributed by atoms with van der Waals surface area (Å²) in [5, 5.41) is 3.45. The number of aliphatic imine (C=N–C) groups is 1. The molecule has 1 unspecified atom stereocenters. The van der Waals surface area contributed by atoms with Crippen LogP contribution in [0.4, 0.5) is 5.69 Å². The molecular weight excluding hydrogens is 524 g/mol. The maximum Gasteiger partial charge on any atom is 0.332 e. The van der Waals surface area contributed by atoms with Crippen LogP contribution in [0, 0.1) is 6.92 Å². The van der Waals surface area contributed by atoms with Gasteiger partial charge in [-0.2, -0.15) is 4.73 Å². The summed E-state index contributed by atoms with van der Waals surface area (Å²) >= 11 is 0. The third-order valence-electron chi connectivity index (χ3n) is 6.88. The number of methoxy groups -OCH3 is 2. The zero-order valence-electron chi connectivity index (χ0n) is 23.4. The SMILES string of the molecule is CCC(=O)On1c(C(=O)NC2N=C(c3c(OC)cc(C)cc3OC)c3ccccc3N(C)C2=O)cc2ccccc21. The summed E-state index contributed by atoms with van der Waals surface area (Å²) in [5.41, 5.74) is 3.71. The number of aromatic nitrogens is 1. The molecule has 2 amide bonds. The van der Waals surface area contributed by atoms with Crippen molar-refractivity contribution in [2.24, 2.45) is 4.99 Å². The molecule has 1 atom stereocenters. The fourth-order valence-corrected chi connectivity index (χ4v) is 4.84. The van der Waals surface area contributed by atoms with E-state index >= 15 is 0 Å². The van der Waals surface area contributed by atoms with Crippen LogP contribution in [0.15, 0.2) is 71.7 Å². The number of benzene rings is 3. The second-order valence-electron chi connectivity index (χ2n) is 9.51. The van der Waals surface area contributed by atoms with Crippen molar-refractivity contribution in [1.29, 1.82) is 0 Å². The van der Waals surface area contributed by atoms with Gasteiger partial charge in [-0.15, -0.1) is 0 Å². The summed E-state index contributed by atoms with van der Waals surface area (Å²) in [5.74, 6) is -0.610. The zero-order chi connectivity index (χ0) is 29.3. The van der Waals surface area contributed by atoms with E-state index in [1.807, 2.05) is 49.4 Å². The number of carbonyl (C=O) groups is 3. The zero-order valence-corrected chi connectivity index (χ0v) is 23.4. The topological polar surface area (TPSA) is 111 Å². The number of nitrogens with one attached hydrogen (secondary N) is 1. The number of aryl methyl sites for hydroxylation is 1. The molecule has 4 aromatic rings. The van der Waals surface area contributed by atoms with E-state index in [-0.39, 0.29) is 12.1 Å². The Morgan fingerprint density at radius 1 is 0.976 bits per heavy atom. The lowest BCUT2D eigenvalue weighted by Crippen LogP contribution is -2.46. The molecular formula is C31H30N4O6. The van der Waals surface area contributed by atoms with E-state index in [1.54, 1.807) is 52.5 Å². The Labute approximate surface area is 237 Å². The number of hydrogen-bond acceptors (Lipinski definition) is 7. The number of likely N-dealkylation sites (N-methyl/N-ethyl adjacent to an activating group) is 1. The van der Waals surface area contributed by atoms with E-state index in [0.29, 0.717) is 44.9 Å². The summed E-state index contributed by atoms with van der Waals surface area (Å²) in [6, 6.07) is 19.8. The molecule has 0 spiro atoms. The van der Waals surface area contributed by atoms with E-state index < -0.39 is 23.9 Å². The van der Waals surface area contributed by atoms with E-state index in [9.17, 15) is 14.4 Å². The first-order chi connectivity index (χ1) is 19.8. The van der Waals surface area contributed by atoms with Crippen molar-refractivity contribution >= 4 is 40.1 Å². The smallest absolute Gasteiger partial charge is 0.332 e. The second kappa shape index (κ2) is 11.2. The summed E-state index contributed by atoms with van der Waals surface area (Å²) in [4.78, 5) is 51.5. The van der Waals surface area contributed by atoms with Gasteiger partial charge >= 0.3 is 5.97 Å². The van der Waals surface area contributed by atoms with Crippen molar-refractivity contribution in [2.45, 2.75) is 26.4 Å². The van der Waals surface area contributed by atoms with Crippen LogP contribution in [0.1, 0.15) is 40.5 Å². The molecule has 41 heavy (non-hydrogen) atoms. The number of ether oxygens (including phenoxy) is 2. The van der Waals surface area contributed by atoms with E-state index in [0.717, 1.165) is 5.56 Å². The largest absolute Gasteiger partial charge is 0.496 e. The molecule has 0 radical (unpaired) electrons. The van der Waals surface area contributed by atoms with Crippen LogP contribution < -0.4 is 24.5 Å². The van der Waals surface area contributed by atoms with Gasteiger partial charge in [-0.05, 0) is 42.8 Å². The normalized spacial score (nSPS) is 14.7. The molecule has 0 saturated carbocycles. The van der Waals surface area contributed by atoms with Crippen LogP contribution in [0.5, 0.6) is 11.5 Å². The van der Waals surface area contributed by atoms with Crippen LogP contribution in [0.2, 0.25) is 0 Å². The van der Waals surface area contributed by atoms with Crippen LogP contribution in [0.3, 0.4) is 0 Å². The molecule has 1 aliphatic rings. The third kappa shape index (κ3) is 5.00. The van der Waals surface area contributed by atoms with E-state index in [2.05, 4.69) is 5.32 Å². The number of anilines is 1. The summed E-state index contributed by atoms with van der Waals surface area (Å²) in [7, 11) is 4.73. The highest BCUT2D eigenvalue weighted by Gasteiger charge is 2.34. The minimum atomic E-state index is -1.32. The first-order valence-electron chi connectivity index (χ1n) is 13.1. The van der Waals surface area contributed by atoms with Gasteiger partial charge in [0.05, 0.1) is 36.7 Å². The molecule has 1 aliphatic heterocycles. The summed E-state index contributed by atoms with van der Waals surface area (Å²) in [6.07, 6.45) is -1.20. The van der Waals surface area contributed by atoms with Crippen molar-refractivity contribution < 1.29 is 28.7 Å². The van der Waals surface area contributed by atoms with Crippen LogP contribution in [0.25, 0.3) is 10.9 Å². The first kappa shape index (κ1) is 27.4. The fourth-order valence-electron chi connectivity index (χ4n) is 4.84. The minimum absolute atomic E-state index is 0.0486. The van der Waals surface area contributed by atoms with Crippen molar-refractivity contribution in [2.75, 3.05) is 26.2 Å². The Hall–Kier alpha value is -5.12. The molecule has 0 saturated heterocycles. The van der Waals surface area contributed by atoms with Crippen molar-refractivity contribution in [3.63, 3.8) is 0 Å². The number of para-hydroxylation sites is 2. The number of fused-ring (bicyclic) bond motifs is 2. The maximum atomic E-state index is 13.7. The van der Waals surface area contributed by atoms with Gasteiger partial charge in [-0.1, -0.05) is 43.3 Å². The number of rotatable bonds is 7. The van der Waals surface area contributed by atoms with Gasteiger partial charge in [0.1, 0.15) is 17.2 Å². The van der Waals surface area contributed by atoms with Gasteiger partial charge in [0.25, 0.3) is 11.8 Å². The minimum Gasteiger partial charge on any atom is -0.496 e. The molecule has 10 nitrogen and oxygen atoms in total. The number of carbonyl (C=O) groups excluding carboxylic acids is 3. The lowest BCUT2D eigenvalue weighted by atomic mass is 9.97. The quantitative estimate of drug-likeness (QED) is 0.371. The lowest BCUT2D eigenvalue weighted by Gasteiger charge is -2.21. The predicted octanol–water partition coefficient (Wildman–Crippen LogP) is 3.90. The predicted molar refractivity (Wildman–Crippen MR) is 155 cm³/mol. The second-order valence-corrected chi connectivity index (χ2v) is 9.51. The lowest BCUT2D eigenvalue weighted by molar-refractivity contribution is -0.143. The van der Waals surface area contributed by atoms with Gasteiger partial charge in [-0.3, -0.25) is 9.59 Å². The third-order valence-corrected chi connectivity index (χ3v) is 6.88. The number of hydrogen-bond donors (Lipinski definition) is 1. The highest BCUT2D eigenvalue weighted by atomic mass is 16.7. The molecule has 5 rings (SSSR count). The molecule has 2 heterocycles. The Bertz CT molecular complexity index is 1680. The Kier molecular flexibility index (Phi) is 7.47. The molecule has 0 aliphatic carbocycles. The Morgan fingerprint density at radius 3 is 2.32 bits per heavy atom. The number of amides is 2. The van der Waals surface area contributed by atoms with E-state index in [1.165, 1.54) is 9.63 Å². The van der Waals surface area contributed by atoms with E-state index in [4.69, 9.17) is 19.3 Å². The summed E-state index contributed by atoms with van der Waals surface area (Å²) < 4.78 is 12.6. The standard InChI is InChI=1S/C31H30N4O6/c1-6-26(36)41-35-21-13-9-7-11-19(21)17-23(35)30(37)33-29-31(38)34(3)22-14-10-8-12-20(22)28(32-29)27-24(39-4)15-18(2)16-25(27)40-5/h7-17,29H,6H2,1-5H3,(H,33,37). The van der Waals surface area contributed by atoms with Crippen molar-refractivity contribution in [3.05, 3.63) is 89.1 Å². The Balaban J connectivity index is 1.65. The van der Waals surface area contributed by atoms with Gasteiger partial charge in [0.2, 0.25) is 6.17 Å². The van der Waals surface area contributed by atoms with Crippen LogP contribution in [-0.4, -0.2) is 55.7 Å². The monoisotopic (exact) mass is 554 g/mol. The molecule has 0 fully saturated rings.